The Bertz CT molecular complexity index is 3510. The number of nitrogens with zero attached hydrogens (tertiary/aromatic N) is 4. The first-order valence-electron chi connectivity index (χ1n) is 23.2. The predicted molar refractivity (Wildman–Crippen MR) is 265 cm³/mol. The van der Waals surface area contributed by atoms with Crippen molar-refractivity contribution in [3.05, 3.63) is 211 Å². The Morgan fingerprint density at radius 1 is 0.462 bits per heavy atom. The van der Waals surface area contributed by atoms with Gasteiger partial charge in [-0.15, -0.1) is 0 Å². The third kappa shape index (κ3) is 6.33. The molecule has 2 heterocycles. The number of fused-ring (bicyclic) bond motifs is 4. The van der Waals surface area contributed by atoms with Crippen molar-refractivity contribution in [2.24, 2.45) is 11.8 Å². The molecule has 10 aromatic rings. The molecule has 4 aliphatic rings. The predicted octanol–water partition coefficient (Wildman–Crippen LogP) is 15.1. The first kappa shape index (κ1) is 37.9. The maximum Gasteiger partial charge on any atom is 0.160 e. The molecule has 0 aliphatic heterocycles. The zero-order valence-corrected chi connectivity index (χ0v) is 36.2. The van der Waals surface area contributed by atoms with Gasteiger partial charge in [-0.3, -0.25) is 0 Å². The van der Waals surface area contributed by atoms with Crippen LogP contribution in [0.25, 0.3) is 83.3 Å². The van der Waals surface area contributed by atoms with Gasteiger partial charge in [0.05, 0.1) is 34.1 Å². The Labute approximate surface area is 379 Å². The molecule has 310 valence electrons. The lowest BCUT2D eigenvalue weighted by molar-refractivity contribution is -0.0280. The topological polar surface area (TPSA) is 54.5 Å². The zero-order chi connectivity index (χ0) is 43.1. The maximum atomic E-state index is 9.43. The number of aromatic nitrogens is 3. The molecule has 4 aliphatic carbocycles. The van der Waals surface area contributed by atoms with Crippen molar-refractivity contribution in [3.63, 3.8) is 0 Å². The van der Waals surface area contributed by atoms with E-state index in [4.69, 9.17) is 9.97 Å². The number of benzene rings is 8. The van der Waals surface area contributed by atoms with Crippen LogP contribution in [0.5, 0.6) is 0 Å². The molecular weight excluding hydrogens is 789 g/mol. The lowest BCUT2D eigenvalue weighted by Crippen LogP contribution is -2.55. The van der Waals surface area contributed by atoms with Gasteiger partial charge in [0.2, 0.25) is 0 Å². The molecular formula is C61H46N4. The smallest absolute Gasteiger partial charge is 0.160 e. The van der Waals surface area contributed by atoms with Gasteiger partial charge in [-0.1, -0.05) is 146 Å². The highest BCUT2D eigenvalue weighted by Crippen LogP contribution is 2.66. The minimum atomic E-state index is 0.125. The summed E-state index contributed by atoms with van der Waals surface area (Å²) in [6.07, 6.45) is 7.61. The van der Waals surface area contributed by atoms with Crippen LogP contribution < -0.4 is 0 Å². The summed E-state index contributed by atoms with van der Waals surface area (Å²) in [6, 6.07) is 72.7. The molecule has 2 atom stereocenters. The largest absolute Gasteiger partial charge is 0.309 e. The summed E-state index contributed by atoms with van der Waals surface area (Å²) in [6.45, 7) is 0. The first-order chi connectivity index (χ1) is 32.0. The third-order valence-corrected chi connectivity index (χ3v) is 15.4. The minimum absolute atomic E-state index is 0.125. The molecule has 8 aromatic carbocycles. The molecule has 0 N–H and O–H groups in total. The first-order valence-corrected chi connectivity index (χ1v) is 23.2. The van der Waals surface area contributed by atoms with E-state index < -0.39 is 0 Å². The van der Waals surface area contributed by atoms with Crippen LogP contribution in [-0.4, -0.2) is 14.5 Å². The van der Waals surface area contributed by atoms with Crippen molar-refractivity contribution < 1.29 is 0 Å². The molecule has 2 aromatic heterocycles. The summed E-state index contributed by atoms with van der Waals surface area (Å²) in [5, 5.41) is 14.4. The van der Waals surface area contributed by atoms with Crippen LogP contribution in [0.4, 0.5) is 0 Å². The van der Waals surface area contributed by atoms with E-state index in [2.05, 4.69) is 187 Å². The molecule has 14 rings (SSSR count). The van der Waals surface area contributed by atoms with Crippen molar-refractivity contribution >= 4 is 32.6 Å². The zero-order valence-electron chi connectivity index (χ0n) is 36.2. The average molecular weight is 835 g/mol. The van der Waals surface area contributed by atoms with Gasteiger partial charge in [-0.2, -0.15) is 5.26 Å². The summed E-state index contributed by atoms with van der Waals surface area (Å²) >= 11 is 0. The lowest BCUT2D eigenvalue weighted by atomic mass is 9.41. The summed E-state index contributed by atoms with van der Waals surface area (Å²) in [4.78, 5) is 10.5. The van der Waals surface area contributed by atoms with Gasteiger partial charge in [0.15, 0.2) is 5.82 Å². The van der Waals surface area contributed by atoms with E-state index in [0.717, 1.165) is 45.6 Å². The molecule has 0 radical (unpaired) electrons. The molecule has 4 nitrogen and oxygen atoms in total. The Balaban J connectivity index is 0.941. The standard InChI is InChI=1S/C61H46N4/c62-38-40-18-20-44(21-19-40)47-14-9-15-50(30-47)60-34-41-28-42(35-60)37-61(36-41,39-60)51-25-27-54-53-26-24-49(31-57(53)65(58(54)32-51)52-16-5-2-6-17-52)56-33-55(63-59(64-56)45-11-3-1-4-12-45)48-23-22-43-10-7-8-13-46(43)29-48/h1-27,29-33,41-42H,28,34-37,39H2. The fourth-order valence-corrected chi connectivity index (χ4v) is 12.9. The Morgan fingerprint density at radius 2 is 1.05 bits per heavy atom. The Kier molecular flexibility index (Phi) is 8.59. The van der Waals surface area contributed by atoms with Crippen molar-refractivity contribution in [3.8, 4) is 56.8 Å². The van der Waals surface area contributed by atoms with Crippen LogP contribution >= 0.6 is 0 Å². The van der Waals surface area contributed by atoms with E-state index in [1.54, 1.807) is 0 Å². The van der Waals surface area contributed by atoms with Crippen LogP contribution in [0, 0.1) is 23.2 Å². The van der Waals surface area contributed by atoms with Crippen molar-refractivity contribution in [2.45, 2.75) is 49.4 Å². The SMILES string of the molecule is N#Cc1ccc(-c2cccc(C34CC5CC(C3)CC(c3ccc6c7ccc(-c8cc(-c9ccc%10ccccc%10c9)nc(-c9ccccc9)n8)cc7n(-c7ccccc7)c6c3)(C5)C4)c2)cc1. The number of rotatable bonds is 7. The second kappa shape index (κ2) is 14.7. The van der Waals surface area contributed by atoms with E-state index in [-0.39, 0.29) is 10.8 Å². The van der Waals surface area contributed by atoms with Gasteiger partial charge < -0.3 is 4.57 Å². The molecule has 4 fully saturated rings. The van der Waals surface area contributed by atoms with Gasteiger partial charge in [0.1, 0.15) is 0 Å². The van der Waals surface area contributed by atoms with E-state index in [1.807, 2.05) is 18.2 Å². The highest BCUT2D eigenvalue weighted by atomic mass is 15.0. The monoisotopic (exact) mass is 834 g/mol. The van der Waals surface area contributed by atoms with Crippen molar-refractivity contribution in [1.29, 1.82) is 5.26 Å². The molecule has 0 saturated heterocycles. The summed E-state index contributed by atoms with van der Waals surface area (Å²) in [7, 11) is 0. The quantitative estimate of drug-likeness (QED) is 0.161. The number of para-hydroxylation sites is 1. The van der Waals surface area contributed by atoms with Crippen LogP contribution in [-0.2, 0) is 10.8 Å². The summed E-state index contributed by atoms with van der Waals surface area (Å²) < 4.78 is 2.50. The van der Waals surface area contributed by atoms with Crippen LogP contribution in [0.2, 0.25) is 0 Å². The number of hydrogen-bond donors (Lipinski definition) is 0. The highest BCUT2D eigenvalue weighted by Gasteiger charge is 2.58. The second-order valence-electron chi connectivity index (χ2n) is 19.3. The molecule has 2 unspecified atom stereocenters. The van der Waals surface area contributed by atoms with E-state index >= 15 is 0 Å². The summed E-state index contributed by atoms with van der Waals surface area (Å²) in [5.41, 5.74) is 14.9. The minimum Gasteiger partial charge on any atom is -0.309 e. The summed E-state index contributed by atoms with van der Waals surface area (Å²) in [5.74, 6) is 2.16. The normalized spacial score (nSPS) is 21.0. The Morgan fingerprint density at radius 3 is 1.77 bits per heavy atom. The van der Waals surface area contributed by atoms with Gasteiger partial charge in [0.25, 0.3) is 0 Å². The average Bonchev–Trinajstić information content (AvgIpc) is 3.69. The van der Waals surface area contributed by atoms with Crippen LogP contribution in [0.1, 0.15) is 55.2 Å². The van der Waals surface area contributed by atoms with Crippen LogP contribution in [0.3, 0.4) is 0 Å². The van der Waals surface area contributed by atoms with Crippen LogP contribution in [0.15, 0.2) is 194 Å². The highest BCUT2D eigenvalue weighted by molar-refractivity contribution is 6.10. The van der Waals surface area contributed by atoms with E-state index in [9.17, 15) is 5.26 Å². The molecule has 0 amide bonds. The lowest BCUT2D eigenvalue weighted by Gasteiger charge is -2.63. The van der Waals surface area contributed by atoms with Gasteiger partial charge in [0, 0.05) is 33.2 Å². The molecule has 4 bridgehead atoms. The molecule has 65 heavy (non-hydrogen) atoms. The van der Waals surface area contributed by atoms with Gasteiger partial charge in [-0.25, -0.2) is 9.97 Å². The van der Waals surface area contributed by atoms with Crippen molar-refractivity contribution in [2.75, 3.05) is 0 Å². The number of nitriles is 1. The Hall–Kier alpha value is -7.61. The maximum absolute atomic E-state index is 9.43. The van der Waals surface area contributed by atoms with E-state index in [1.165, 1.54) is 93.4 Å². The van der Waals surface area contributed by atoms with Gasteiger partial charge >= 0.3 is 0 Å². The third-order valence-electron chi connectivity index (χ3n) is 15.4. The molecule has 4 saturated carbocycles. The van der Waals surface area contributed by atoms with Crippen molar-refractivity contribution in [1.82, 2.24) is 14.5 Å². The second-order valence-corrected chi connectivity index (χ2v) is 19.3. The van der Waals surface area contributed by atoms with Gasteiger partial charge in [-0.05, 0) is 143 Å². The molecule has 4 heteroatoms. The fourth-order valence-electron chi connectivity index (χ4n) is 12.9. The number of hydrogen-bond acceptors (Lipinski definition) is 3. The van der Waals surface area contributed by atoms with E-state index in [0.29, 0.717) is 11.4 Å². The fraction of sp³-hybridized carbons (Fsp3) is 0.164. The molecule has 0 spiro atoms.